The second-order valence-electron chi connectivity index (χ2n) is 5.96. The van der Waals surface area contributed by atoms with Gasteiger partial charge in [-0.2, -0.15) is 0 Å². The summed E-state index contributed by atoms with van der Waals surface area (Å²) in [6, 6.07) is 2.50. The van der Waals surface area contributed by atoms with Gasteiger partial charge < -0.3 is 9.47 Å². The number of imidazole rings is 1. The van der Waals surface area contributed by atoms with Crippen molar-refractivity contribution in [1.29, 1.82) is 0 Å². The zero-order chi connectivity index (χ0) is 15.0. The third-order valence-corrected chi connectivity index (χ3v) is 4.50. The molecule has 0 aromatic carbocycles. The van der Waals surface area contributed by atoms with Crippen molar-refractivity contribution in [3.8, 4) is 0 Å². The first-order valence-corrected chi connectivity index (χ1v) is 7.83. The molecule has 1 aliphatic rings. The summed E-state index contributed by atoms with van der Waals surface area (Å²) in [4.78, 5) is 13.6. The van der Waals surface area contributed by atoms with Gasteiger partial charge in [-0.1, -0.05) is 0 Å². The number of alkyl halides is 1. The molecule has 5 nitrogen and oxygen atoms in total. The van der Waals surface area contributed by atoms with E-state index in [4.69, 9.17) is 11.6 Å². The monoisotopic (exact) mass is 307 g/mol. The first-order chi connectivity index (χ1) is 10.1. The Balaban J connectivity index is 1.96. The molecule has 114 valence electrons. The molecule has 1 aliphatic heterocycles. The Kier molecular flexibility index (Phi) is 4.15. The van der Waals surface area contributed by atoms with Crippen molar-refractivity contribution in [3.63, 3.8) is 0 Å². The standard InChI is InChI=1S/C15H22ClN5/c1-11(16)15-18-13-8-17-5-4-14(13)21(15)10-12-9-19(2)6-7-20(12)3/h4-5,8,11-12H,6-7,9-10H2,1-3H3. The summed E-state index contributed by atoms with van der Waals surface area (Å²) in [6.45, 7) is 6.18. The minimum absolute atomic E-state index is 0.107. The number of pyridine rings is 1. The van der Waals surface area contributed by atoms with Gasteiger partial charge in [0.25, 0.3) is 0 Å². The van der Waals surface area contributed by atoms with E-state index < -0.39 is 0 Å². The molecule has 0 bridgehead atoms. The molecule has 2 aromatic heterocycles. The number of halogens is 1. The Bertz CT molecular complexity index is 624. The van der Waals surface area contributed by atoms with E-state index >= 15 is 0 Å². The van der Waals surface area contributed by atoms with Gasteiger partial charge in [0.1, 0.15) is 11.3 Å². The summed E-state index contributed by atoms with van der Waals surface area (Å²) >= 11 is 6.33. The Morgan fingerprint density at radius 2 is 2.19 bits per heavy atom. The first-order valence-electron chi connectivity index (χ1n) is 7.39. The molecule has 2 unspecified atom stereocenters. The average Bonchev–Trinajstić information content (AvgIpc) is 2.82. The van der Waals surface area contributed by atoms with Crippen LogP contribution in [0, 0.1) is 0 Å². The zero-order valence-corrected chi connectivity index (χ0v) is 13.6. The summed E-state index contributed by atoms with van der Waals surface area (Å²) in [5, 5.41) is -0.107. The fraction of sp³-hybridized carbons (Fsp3) is 0.600. The van der Waals surface area contributed by atoms with Gasteiger partial charge in [-0.25, -0.2) is 4.98 Å². The Morgan fingerprint density at radius 3 is 2.95 bits per heavy atom. The molecule has 1 saturated heterocycles. The molecule has 2 atom stereocenters. The molecule has 2 aromatic rings. The third-order valence-electron chi connectivity index (χ3n) is 4.31. The van der Waals surface area contributed by atoms with Crippen LogP contribution in [0.1, 0.15) is 18.1 Å². The summed E-state index contributed by atoms with van der Waals surface area (Å²) in [7, 11) is 4.38. The molecular weight excluding hydrogens is 286 g/mol. The van der Waals surface area contributed by atoms with E-state index in [1.807, 2.05) is 25.4 Å². The molecule has 0 amide bonds. The lowest BCUT2D eigenvalue weighted by Gasteiger charge is -2.38. The van der Waals surface area contributed by atoms with Crippen molar-refractivity contribution in [2.45, 2.75) is 24.9 Å². The fourth-order valence-corrected chi connectivity index (χ4v) is 3.17. The second-order valence-corrected chi connectivity index (χ2v) is 6.61. The average molecular weight is 308 g/mol. The minimum atomic E-state index is -0.107. The van der Waals surface area contributed by atoms with Crippen LogP contribution in [0.3, 0.4) is 0 Å². The highest BCUT2D eigenvalue weighted by Gasteiger charge is 2.25. The molecule has 6 heteroatoms. The van der Waals surface area contributed by atoms with Crippen LogP contribution in [-0.4, -0.2) is 64.1 Å². The predicted molar refractivity (Wildman–Crippen MR) is 85.7 cm³/mol. The van der Waals surface area contributed by atoms with Crippen molar-refractivity contribution < 1.29 is 0 Å². The lowest BCUT2D eigenvalue weighted by Crippen LogP contribution is -2.51. The Morgan fingerprint density at radius 1 is 1.38 bits per heavy atom. The molecule has 1 fully saturated rings. The van der Waals surface area contributed by atoms with Crippen LogP contribution >= 0.6 is 11.6 Å². The molecule has 0 radical (unpaired) electrons. The number of likely N-dealkylation sites (N-methyl/N-ethyl adjacent to an activating group) is 2. The first kappa shape index (κ1) is 14.8. The maximum absolute atomic E-state index is 6.33. The van der Waals surface area contributed by atoms with Gasteiger partial charge in [-0.3, -0.25) is 9.88 Å². The van der Waals surface area contributed by atoms with Crippen LogP contribution in [0.2, 0.25) is 0 Å². The quantitative estimate of drug-likeness (QED) is 0.813. The second kappa shape index (κ2) is 5.91. The number of hydrogen-bond acceptors (Lipinski definition) is 4. The predicted octanol–water partition coefficient (Wildman–Crippen LogP) is 1.98. The van der Waals surface area contributed by atoms with Crippen molar-refractivity contribution >= 4 is 22.6 Å². The van der Waals surface area contributed by atoms with Crippen LogP contribution in [-0.2, 0) is 6.54 Å². The van der Waals surface area contributed by atoms with Gasteiger partial charge in [0.15, 0.2) is 0 Å². The lowest BCUT2D eigenvalue weighted by molar-refractivity contribution is 0.103. The maximum atomic E-state index is 6.33. The number of piperazine rings is 1. The molecule has 21 heavy (non-hydrogen) atoms. The summed E-state index contributed by atoms with van der Waals surface area (Å²) < 4.78 is 2.26. The van der Waals surface area contributed by atoms with E-state index in [0.29, 0.717) is 6.04 Å². The summed E-state index contributed by atoms with van der Waals surface area (Å²) in [5.41, 5.74) is 2.04. The molecule has 0 aliphatic carbocycles. The zero-order valence-electron chi connectivity index (χ0n) is 12.8. The van der Waals surface area contributed by atoms with Crippen LogP contribution in [0.4, 0.5) is 0 Å². The Hall–Kier alpha value is -1.17. The van der Waals surface area contributed by atoms with Crippen LogP contribution < -0.4 is 0 Å². The number of aromatic nitrogens is 3. The van der Waals surface area contributed by atoms with Crippen LogP contribution in [0.25, 0.3) is 11.0 Å². The Labute approximate surface area is 130 Å². The molecule has 0 saturated carbocycles. The van der Waals surface area contributed by atoms with E-state index in [0.717, 1.165) is 43.0 Å². The van der Waals surface area contributed by atoms with Gasteiger partial charge in [-0.15, -0.1) is 11.6 Å². The summed E-state index contributed by atoms with van der Waals surface area (Å²) in [6.07, 6.45) is 3.63. The molecule has 0 N–H and O–H groups in total. The van der Waals surface area contributed by atoms with Gasteiger partial charge in [-0.05, 0) is 27.1 Å². The molecule has 3 rings (SSSR count). The van der Waals surface area contributed by atoms with E-state index in [9.17, 15) is 0 Å². The molecule has 0 spiro atoms. The highest BCUT2D eigenvalue weighted by molar-refractivity contribution is 6.20. The molecule has 3 heterocycles. The number of hydrogen-bond donors (Lipinski definition) is 0. The van der Waals surface area contributed by atoms with E-state index in [1.165, 1.54) is 0 Å². The highest BCUT2D eigenvalue weighted by Crippen LogP contribution is 2.25. The normalized spacial score (nSPS) is 22.8. The minimum Gasteiger partial charge on any atom is -0.325 e. The molecular formula is C15H22ClN5. The van der Waals surface area contributed by atoms with Crippen molar-refractivity contribution in [1.82, 2.24) is 24.3 Å². The number of fused-ring (bicyclic) bond motifs is 1. The fourth-order valence-electron chi connectivity index (χ4n) is 3.01. The van der Waals surface area contributed by atoms with E-state index in [-0.39, 0.29) is 5.38 Å². The SMILES string of the molecule is CC(Cl)c1nc2cnccc2n1CC1CN(C)CCN1C. The highest BCUT2D eigenvalue weighted by atomic mass is 35.5. The topological polar surface area (TPSA) is 37.2 Å². The lowest BCUT2D eigenvalue weighted by atomic mass is 10.2. The van der Waals surface area contributed by atoms with Gasteiger partial charge in [0, 0.05) is 38.4 Å². The van der Waals surface area contributed by atoms with Crippen LogP contribution in [0.5, 0.6) is 0 Å². The largest absolute Gasteiger partial charge is 0.325 e. The number of nitrogens with zero attached hydrogens (tertiary/aromatic N) is 5. The third kappa shape index (κ3) is 2.91. The van der Waals surface area contributed by atoms with E-state index in [2.05, 4.69) is 38.4 Å². The smallest absolute Gasteiger partial charge is 0.127 e. The van der Waals surface area contributed by atoms with Crippen molar-refractivity contribution in [2.75, 3.05) is 33.7 Å². The van der Waals surface area contributed by atoms with Gasteiger partial charge >= 0.3 is 0 Å². The maximum Gasteiger partial charge on any atom is 0.127 e. The van der Waals surface area contributed by atoms with Gasteiger partial charge in [0.2, 0.25) is 0 Å². The van der Waals surface area contributed by atoms with Crippen LogP contribution in [0.15, 0.2) is 18.5 Å². The number of rotatable bonds is 3. The van der Waals surface area contributed by atoms with E-state index in [1.54, 1.807) is 0 Å². The van der Waals surface area contributed by atoms with Gasteiger partial charge in [0.05, 0.1) is 17.1 Å². The van der Waals surface area contributed by atoms with Crippen molar-refractivity contribution in [3.05, 3.63) is 24.3 Å². The van der Waals surface area contributed by atoms with Crippen molar-refractivity contribution in [2.24, 2.45) is 0 Å². The summed E-state index contributed by atoms with van der Waals surface area (Å²) in [5.74, 6) is 0.932.